The second-order valence-corrected chi connectivity index (χ2v) is 3.57. The normalized spacial score (nSPS) is 10.7. The van der Waals surface area contributed by atoms with E-state index in [1.807, 2.05) is 6.08 Å². The van der Waals surface area contributed by atoms with Gasteiger partial charge in [0.05, 0.1) is 0 Å². The standard InChI is InChI=1S/C12H25N/c1-4-7-9-11-13(6-3)12-10-8-5-2/h4H,1,5-12H2,2-3H3. The molecule has 0 saturated carbocycles. The SMILES string of the molecule is C=CCCCN(CC)CCCCC. The first-order chi connectivity index (χ1) is 6.35. The molecule has 1 nitrogen and oxygen atoms in total. The Morgan fingerprint density at radius 3 is 2.31 bits per heavy atom. The van der Waals surface area contributed by atoms with Gasteiger partial charge in [-0.1, -0.05) is 32.8 Å². The molecule has 0 aliphatic rings. The third-order valence-corrected chi connectivity index (χ3v) is 2.41. The second-order valence-electron chi connectivity index (χ2n) is 3.57. The second kappa shape index (κ2) is 9.79. The molecule has 0 saturated heterocycles. The van der Waals surface area contributed by atoms with Gasteiger partial charge in [0.1, 0.15) is 0 Å². The number of unbranched alkanes of at least 4 members (excludes halogenated alkanes) is 3. The molecule has 0 aliphatic carbocycles. The summed E-state index contributed by atoms with van der Waals surface area (Å²) in [6.07, 6.45) is 8.49. The maximum atomic E-state index is 3.74. The maximum Gasteiger partial charge on any atom is -0.00159 e. The van der Waals surface area contributed by atoms with E-state index in [0.29, 0.717) is 0 Å². The Morgan fingerprint density at radius 2 is 1.77 bits per heavy atom. The van der Waals surface area contributed by atoms with Gasteiger partial charge < -0.3 is 4.90 Å². The molecular weight excluding hydrogens is 158 g/mol. The zero-order valence-corrected chi connectivity index (χ0v) is 9.39. The molecule has 0 aromatic carbocycles. The highest BCUT2D eigenvalue weighted by Crippen LogP contribution is 2.00. The molecule has 0 rings (SSSR count). The molecule has 0 unspecified atom stereocenters. The summed E-state index contributed by atoms with van der Waals surface area (Å²) in [6.45, 7) is 12.0. The smallest absolute Gasteiger partial charge is 0.00159 e. The van der Waals surface area contributed by atoms with E-state index in [-0.39, 0.29) is 0 Å². The quantitative estimate of drug-likeness (QED) is 0.391. The Kier molecular flexibility index (Phi) is 9.56. The fourth-order valence-electron chi connectivity index (χ4n) is 1.47. The molecule has 0 atom stereocenters. The van der Waals surface area contributed by atoms with Gasteiger partial charge in [-0.2, -0.15) is 0 Å². The van der Waals surface area contributed by atoms with Gasteiger partial charge in [-0.15, -0.1) is 6.58 Å². The van der Waals surface area contributed by atoms with Crippen molar-refractivity contribution >= 4 is 0 Å². The average Bonchev–Trinajstić information content (AvgIpc) is 2.16. The molecular formula is C12H25N. The van der Waals surface area contributed by atoms with Crippen LogP contribution in [-0.2, 0) is 0 Å². The van der Waals surface area contributed by atoms with Gasteiger partial charge in [0.2, 0.25) is 0 Å². The molecule has 0 amide bonds. The van der Waals surface area contributed by atoms with E-state index in [1.165, 1.54) is 45.3 Å². The van der Waals surface area contributed by atoms with Crippen LogP contribution in [0.3, 0.4) is 0 Å². The summed E-state index contributed by atoms with van der Waals surface area (Å²) in [5.74, 6) is 0. The van der Waals surface area contributed by atoms with E-state index in [9.17, 15) is 0 Å². The summed E-state index contributed by atoms with van der Waals surface area (Å²) < 4.78 is 0. The van der Waals surface area contributed by atoms with Gasteiger partial charge >= 0.3 is 0 Å². The van der Waals surface area contributed by atoms with Crippen molar-refractivity contribution in [2.75, 3.05) is 19.6 Å². The van der Waals surface area contributed by atoms with Crippen LogP contribution in [0.5, 0.6) is 0 Å². The third-order valence-electron chi connectivity index (χ3n) is 2.41. The lowest BCUT2D eigenvalue weighted by Gasteiger charge is -2.19. The van der Waals surface area contributed by atoms with Crippen molar-refractivity contribution in [3.8, 4) is 0 Å². The predicted octanol–water partition coefficient (Wildman–Crippen LogP) is 3.46. The molecule has 0 aliphatic heterocycles. The Balaban J connectivity index is 3.33. The minimum Gasteiger partial charge on any atom is -0.304 e. The van der Waals surface area contributed by atoms with Gasteiger partial charge in [0.25, 0.3) is 0 Å². The fraction of sp³-hybridized carbons (Fsp3) is 0.833. The van der Waals surface area contributed by atoms with Crippen LogP contribution in [0.25, 0.3) is 0 Å². The molecule has 78 valence electrons. The first-order valence-electron chi connectivity index (χ1n) is 5.68. The topological polar surface area (TPSA) is 3.24 Å². The zero-order valence-electron chi connectivity index (χ0n) is 9.39. The third kappa shape index (κ3) is 8.04. The van der Waals surface area contributed by atoms with Crippen LogP contribution in [0.2, 0.25) is 0 Å². The highest BCUT2D eigenvalue weighted by molar-refractivity contribution is 4.67. The molecule has 1 heteroatoms. The van der Waals surface area contributed by atoms with Crippen molar-refractivity contribution < 1.29 is 0 Å². The Labute approximate surface area is 83.8 Å². The van der Waals surface area contributed by atoms with Gasteiger partial charge in [-0.05, 0) is 38.9 Å². The van der Waals surface area contributed by atoms with Crippen LogP contribution in [0.4, 0.5) is 0 Å². The van der Waals surface area contributed by atoms with Crippen LogP contribution in [0, 0.1) is 0 Å². The van der Waals surface area contributed by atoms with Crippen molar-refractivity contribution in [1.29, 1.82) is 0 Å². The average molecular weight is 183 g/mol. The molecule has 0 spiro atoms. The van der Waals surface area contributed by atoms with Crippen LogP contribution >= 0.6 is 0 Å². The Bertz CT molecular complexity index is 110. The minimum atomic E-state index is 1.16. The van der Waals surface area contributed by atoms with E-state index >= 15 is 0 Å². The number of nitrogens with zero attached hydrogens (tertiary/aromatic N) is 1. The van der Waals surface area contributed by atoms with E-state index in [2.05, 4.69) is 25.3 Å². The first kappa shape index (κ1) is 12.7. The lowest BCUT2D eigenvalue weighted by atomic mass is 10.2. The van der Waals surface area contributed by atoms with Crippen molar-refractivity contribution in [2.24, 2.45) is 0 Å². The van der Waals surface area contributed by atoms with E-state index in [0.717, 1.165) is 6.42 Å². The van der Waals surface area contributed by atoms with Crippen LogP contribution < -0.4 is 0 Å². The fourth-order valence-corrected chi connectivity index (χ4v) is 1.47. The van der Waals surface area contributed by atoms with E-state index < -0.39 is 0 Å². The summed E-state index contributed by atoms with van der Waals surface area (Å²) >= 11 is 0. The van der Waals surface area contributed by atoms with Crippen LogP contribution in [0.15, 0.2) is 12.7 Å². The van der Waals surface area contributed by atoms with Crippen molar-refractivity contribution in [3.05, 3.63) is 12.7 Å². The van der Waals surface area contributed by atoms with E-state index in [4.69, 9.17) is 0 Å². The molecule has 13 heavy (non-hydrogen) atoms. The highest BCUT2D eigenvalue weighted by atomic mass is 15.1. The van der Waals surface area contributed by atoms with Gasteiger partial charge in [-0.25, -0.2) is 0 Å². The minimum absolute atomic E-state index is 1.16. The summed E-state index contributed by atoms with van der Waals surface area (Å²) in [6, 6.07) is 0. The molecule has 0 fully saturated rings. The summed E-state index contributed by atoms with van der Waals surface area (Å²) in [4.78, 5) is 2.54. The molecule has 0 aromatic rings. The van der Waals surface area contributed by atoms with Gasteiger partial charge in [0.15, 0.2) is 0 Å². The molecule has 0 aromatic heterocycles. The lowest BCUT2D eigenvalue weighted by molar-refractivity contribution is 0.279. The predicted molar refractivity (Wildman–Crippen MR) is 61.1 cm³/mol. The summed E-state index contributed by atoms with van der Waals surface area (Å²) in [5, 5.41) is 0. The Morgan fingerprint density at radius 1 is 1.08 bits per heavy atom. The first-order valence-corrected chi connectivity index (χ1v) is 5.68. The lowest BCUT2D eigenvalue weighted by Crippen LogP contribution is -2.25. The zero-order chi connectivity index (χ0) is 9.94. The maximum absolute atomic E-state index is 3.74. The van der Waals surface area contributed by atoms with Crippen LogP contribution in [0.1, 0.15) is 46.0 Å². The molecule has 0 bridgehead atoms. The van der Waals surface area contributed by atoms with Crippen molar-refractivity contribution in [1.82, 2.24) is 4.90 Å². The van der Waals surface area contributed by atoms with Gasteiger partial charge in [-0.3, -0.25) is 0 Å². The highest BCUT2D eigenvalue weighted by Gasteiger charge is 1.99. The number of hydrogen-bond acceptors (Lipinski definition) is 1. The number of hydrogen-bond donors (Lipinski definition) is 0. The number of allylic oxidation sites excluding steroid dienone is 1. The molecule has 0 heterocycles. The summed E-state index contributed by atoms with van der Waals surface area (Å²) in [7, 11) is 0. The van der Waals surface area contributed by atoms with E-state index in [1.54, 1.807) is 0 Å². The van der Waals surface area contributed by atoms with Crippen LogP contribution in [-0.4, -0.2) is 24.5 Å². The monoisotopic (exact) mass is 183 g/mol. The molecule has 0 N–H and O–H groups in total. The molecule has 0 radical (unpaired) electrons. The van der Waals surface area contributed by atoms with Crippen molar-refractivity contribution in [2.45, 2.75) is 46.0 Å². The Hall–Kier alpha value is -0.300. The summed E-state index contributed by atoms with van der Waals surface area (Å²) in [5.41, 5.74) is 0. The van der Waals surface area contributed by atoms with Crippen molar-refractivity contribution in [3.63, 3.8) is 0 Å². The van der Waals surface area contributed by atoms with Gasteiger partial charge in [0, 0.05) is 0 Å². The largest absolute Gasteiger partial charge is 0.304 e. The number of rotatable bonds is 9.